The lowest BCUT2D eigenvalue weighted by Gasteiger charge is -2.26. The van der Waals surface area contributed by atoms with E-state index in [-0.39, 0.29) is 11.7 Å². The molecule has 0 bridgehead atoms. The summed E-state index contributed by atoms with van der Waals surface area (Å²) in [7, 11) is -3.21. The molecule has 0 spiro atoms. The maximum absolute atomic E-state index is 12.2. The summed E-state index contributed by atoms with van der Waals surface area (Å²) in [5, 5.41) is 0. The van der Waals surface area contributed by atoms with Crippen molar-refractivity contribution in [1.29, 1.82) is 0 Å². The number of hydrogen-bond acceptors (Lipinski definition) is 2. The van der Waals surface area contributed by atoms with Gasteiger partial charge >= 0.3 is 0 Å². The Hall–Kier alpha value is -0.390. The van der Waals surface area contributed by atoms with E-state index in [2.05, 4.69) is 20.7 Å². The molecule has 0 radical (unpaired) electrons. The molecule has 118 valence electrons. The Balaban J connectivity index is 1.84. The van der Waals surface area contributed by atoms with E-state index >= 15 is 0 Å². The summed E-state index contributed by atoms with van der Waals surface area (Å²) in [5.41, 5.74) is 1.07. The van der Waals surface area contributed by atoms with Gasteiger partial charge in [-0.15, -0.1) is 0 Å². The van der Waals surface area contributed by atoms with E-state index in [0.29, 0.717) is 17.3 Å². The van der Waals surface area contributed by atoms with Crippen LogP contribution in [0.3, 0.4) is 0 Å². The number of hydrogen-bond donors (Lipinski definition) is 1. The second-order valence-corrected chi connectivity index (χ2v) is 9.22. The van der Waals surface area contributed by atoms with Crippen molar-refractivity contribution in [1.82, 2.24) is 4.72 Å². The molecule has 1 saturated carbocycles. The Morgan fingerprint density at radius 3 is 2.67 bits per heavy atom. The molecule has 0 heterocycles. The summed E-state index contributed by atoms with van der Waals surface area (Å²) in [6, 6.07) is 9.81. The van der Waals surface area contributed by atoms with E-state index in [4.69, 9.17) is 0 Å². The maximum atomic E-state index is 12.2. The SMILES string of the molecule is CC(CS(=O)(=O)NCC1CCCC(Br)C1)c1ccccc1. The van der Waals surface area contributed by atoms with Gasteiger partial charge in [0.25, 0.3) is 0 Å². The van der Waals surface area contributed by atoms with Crippen molar-refractivity contribution >= 4 is 26.0 Å². The summed E-state index contributed by atoms with van der Waals surface area (Å²) in [4.78, 5) is 0.545. The second kappa shape index (κ2) is 7.75. The van der Waals surface area contributed by atoms with Crippen LogP contribution in [0, 0.1) is 5.92 Å². The number of halogens is 1. The van der Waals surface area contributed by atoms with Gasteiger partial charge in [-0.1, -0.05) is 59.6 Å². The van der Waals surface area contributed by atoms with E-state index in [0.717, 1.165) is 18.4 Å². The van der Waals surface area contributed by atoms with Crippen molar-refractivity contribution in [2.45, 2.75) is 43.4 Å². The van der Waals surface area contributed by atoms with Crippen LogP contribution in [-0.2, 0) is 10.0 Å². The van der Waals surface area contributed by atoms with Crippen LogP contribution in [0.15, 0.2) is 30.3 Å². The molecule has 5 heteroatoms. The van der Waals surface area contributed by atoms with Crippen LogP contribution in [0.5, 0.6) is 0 Å². The number of rotatable bonds is 6. The van der Waals surface area contributed by atoms with Crippen molar-refractivity contribution in [3.63, 3.8) is 0 Å². The first-order valence-corrected chi connectivity index (χ1v) is 10.2. The zero-order chi connectivity index (χ0) is 15.3. The molecule has 1 aromatic rings. The minimum atomic E-state index is -3.21. The third-order valence-corrected chi connectivity index (χ3v) is 6.53. The number of nitrogens with one attached hydrogen (secondary N) is 1. The third kappa shape index (κ3) is 5.72. The molecule has 1 fully saturated rings. The molecular weight excluding hydrogens is 350 g/mol. The summed E-state index contributed by atoms with van der Waals surface area (Å²) >= 11 is 3.64. The smallest absolute Gasteiger partial charge is 0.212 e. The van der Waals surface area contributed by atoms with E-state index in [9.17, 15) is 8.42 Å². The molecule has 21 heavy (non-hydrogen) atoms. The highest BCUT2D eigenvalue weighted by molar-refractivity contribution is 9.09. The zero-order valence-corrected chi connectivity index (χ0v) is 14.9. The Labute approximate surface area is 136 Å². The van der Waals surface area contributed by atoms with Crippen molar-refractivity contribution < 1.29 is 8.42 Å². The number of benzene rings is 1. The van der Waals surface area contributed by atoms with E-state index in [1.807, 2.05) is 37.3 Å². The van der Waals surface area contributed by atoms with Crippen LogP contribution >= 0.6 is 15.9 Å². The Morgan fingerprint density at radius 1 is 1.29 bits per heavy atom. The van der Waals surface area contributed by atoms with Crippen LogP contribution in [0.1, 0.15) is 44.1 Å². The molecule has 0 aliphatic heterocycles. The summed E-state index contributed by atoms with van der Waals surface area (Å²) < 4.78 is 27.2. The van der Waals surface area contributed by atoms with Crippen LogP contribution in [-0.4, -0.2) is 25.5 Å². The molecule has 3 atom stereocenters. The van der Waals surface area contributed by atoms with Gasteiger partial charge in [-0.25, -0.2) is 13.1 Å². The first-order chi connectivity index (χ1) is 9.96. The van der Waals surface area contributed by atoms with Crippen LogP contribution in [0.25, 0.3) is 0 Å². The normalized spacial score (nSPS) is 24.7. The van der Waals surface area contributed by atoms with Gasteiger partial charge in [0.1, 0.15) is 0 Å². The minimum absolute atomic E-state index is 0.0129. The monoisotopic (exact) mass is 373 g/mol. The largest absolute Gasteiger partial charge is 0.215 e. The predicted molar refractivity (Wildman–Crippen MR) is 91.3 cm³/mol. The van der Waals surface area contributed by atoms with Crippen molar-refractivity contribution in [3.05, 3.63) is 35.9 Å². The van der Waals surface area contributed by atoms with Crippen LogP contribution < -0.4 is 4.72 Å². The first-order valence-electron chi connectivity index (χ1n) is 7.62. The fourth-order valence-corrected chi connectivity index (χ4v) is 5.23. The van der Waals surface area contributed by atoms with Gasteiger partial charge in [0.2, 0.25) is 10.0 Å². The standard InChI is InChI=1S/C16H24BrNO2S/c1-13(15-7-3-2-4-8-15)12-21(19,20)18-11-14-6-5-9-16(17)10-14/h2-4,7-8,13-14,16,18H,5-6,9-12H2,1H3. The highest BCUT2D eigenvalue weighted by Gasteiger charge is 2.23. The molecule has 3 unspecified atom stereocenters. The summed E-state index contributed by atoms with van der Waals surface area (Å²) in [5.74, 6) is 0.630. The van der Waals surface area contributed by atoms with Crippen LogP contribution in [0.2, 0.25) is 0 Å². The van der Waals surface area contributed by atoms with E-state index < -0.39 is 10.0 Å². The lowest BCUT2D eigenvalue weighted by Crippen LogP contribution is -2.34. The molecule has 0 saturated heterocycles. The molecule has 1 N–H and O–H groups in total. The fraction of sp³-hybridized carbons (Fsp3) is 0.625. The maximum Gasteiger partial charge on any atom is 0.212 e. The molecule has 1 aliphatic carbocycles. The Morgan fingerprint density at radius 2 is 2.00 bits per heavy atom. The molecule has 1 aliphatic rings. The Kier molecular flexibility index (Phi) is 6.26. The average Bonchev–Trinajstić information content (AvgIpc) is 2.46. The van der Waals surface area contributed by atoms with Gasteiger partial charge in [0.15, 0.2) is 0 Å². The summed E-state index contributed by atoms with van der Waals surface area (Å²) in [6.07, 6.45) is 4.58. The highest BCUT2D eigenvalue weighted by Crippen LogP contribution is 2.28. The predicted octanol–water partition coefficient (Wildman–Crippen LogP) is 3.66. The van der Waals surface area contributed by atoms with Gasteiger partial charge in [-0.05, 0) is 36.7 Å². The highest BCUT2D eigenvalue weighted by atomic mass is 79.9. The lowest BCUT2D eigenvalue weighted by atomic mass is 9.89. The topological polar surface area (TPSA) is 46.2 Å². The number of alkyl halides is 1. The molecular formula is C16H24BrNO2S. The third-order valence-electron chi connectivity index (χ3n) is 4.15. The quantitative estimate of drug-likeness (QED) is 0.773. The molecule has 3 nitrogen and oxygen atoms in total. The van der Waals surface area contributed by atoms with Gasteiger partial charge in [-0.3, -0.25) is 0 Å². The van der Waals surface area contributed by atoms with Gasteiger partial charge in [0.05, 0.1) is 5.75 Å². The first kappa shape index (κ1) is 17.0. The summed E-state index contributed by atoms with van der Waals surface area (Å²) in [6.45, 7) is 2.54. The van der Waals surface area contributed by atoms with Crippen molar-refractivity contribution in [2.24, 2.45) is 5.92 Å². The second-order valence-electron chi connectivity index (χ2n) is 6.07. The average molecular weight is 374 g/mol. The van der Waals surface area contributed by atoms with Gasteiger partial charge in [0, 0.05) is 11.4 Å². The number of sulfonamides is 1. The molecule has 0 aromatic heterocycles. The fourth-order valence-electron chi connectivity index (χ4n) is 2.92. The Bertz CT molecular complexity index is 532. The zero-order valence-electron chi connectivity index (χ0n) is 12.5. The molecule has 1 aromatic carbocycles. The molecule has 0 amide bonds. The van der Waals surface area contributed by atoms with Crippen molar-refractivity contribution in [2.75, 3.05) is 12.3 Å². The molecule has 2 rings (SSSR count). The van der Waals surface area contributed by atoms with E-state index in [1.54, 1.807) is 0 Å². The lowest BCUT2D eigenvalue weighted by molar-refractivity contribution is 0.367. The van der Waals surface area contributed by atoms with Crippen molar-refractivity contribution in [3.8, 4) is 0 Å². The van der Waals surface area contributed by atoms with Gasteiger partial charge in [-0.2, -0.15) is 0 Å². The van der Waals surface area contributed by atoms with Crippen LogP contribution in [0.4, 0.5) is 0 Å². The van der Waals surface area contributed by atoms with Gasteiger partial charge < -0.3 is 0 Å². The van der Waals surface area contributed by atoms with E-state index in [1.165, 1.54) is 12.8 Å². The minimum Gasteiger partial charge on any atom is -0.215 e.